The van der Waals surface area contributed by atoms with Crippen LogP contribution in [-0.2, 0) is 27.5 Å². The first-order chi connectivity index (χ1) is 12.8. The summed E-state index contributed by atoms with van der Waals surface area (Å²) < 4.78 is 24.9. The molecule has 6 nitrogen and oxygen atoms in total. The molecule has 8 heteroatoms. The van der Waals surface area contributed by atoms with E-state index in [2.05, 4.69) is 5.32 Å². The second kappa shape index (κ2) is 7.82. The third-order valence-electron chi connectivity index (χ3n) is 4.62. The van der Waals surface area contributed by atoms with Gasteiger partial charge in [0.1, 0.15) is 10.8 Å². The second-order valence-corrected chi connectivity index (χ2v) is 9.85. The summed E-state index contributed by atoms with van der Waals surface area (Å²) in [6.45, 7) is 1.86. The Kier molecular flexibility index (Phi) is 5.67. The number of benzene rings is 1. The van der Waals surface area contributed by atoms with E-state index in [1.807, 2.05) is 6.92 Å². The van der Waals surface area contributed by atoms with E-state index in [-0.39, 0.29) is 4.90 Å². The SMILES string of the molecule is Cc1ccc(S(=O)(=O)CC(=O)Nc2sc3c(c2C(N)=O)CCCCC3)cc1. The Balaban J connectivity index is 1.82. The molecular formula is C19H22N2O4S2. The standard InChI is InChI=1S/C19H22N2O4S2/c1-12-7-9-13(10-8-12)27(24,25)11-16(22)21-19-17(18(20)23)14-5-3-2-4-6-15(14)26-19/h7-10H,2-6,11H2,1H3,(H2,20,23)(H,21,22). The monoisotopic (exact) mass is 406 g/mol. The fourth-order valence-electron chi connectivity index (χ4n) is 3.26. The number of carbonyl (C=O) groups is 2. The highest BCUT2D eigenvalue weighted by Crippen LogP contribution is 2.37. The molecule has 2 aromatic rings. The number of rotatable bonds is 5. The molecule has 3 rings (SSSR count). The Morgan fingerprint density at radius 3 is 2.44 bits per heavy atom. The van der Waals surface area contributed by atoms with Gasteiger partial charge in [0, 0.05) is 4.88 Å². The van der Waals surface area contributed by atoms with Crippen molar-refractivity contribution in [1.82, 2.24) is 0 Å². The molecule has 0 saturated heterocycles. The Morgan fingerprint density at radius 2 is 1.78 bits per heavy atom. The summed E-state index contributed by atoms with van der Waals surface area (Å²) in [5.41, 5.74) is 7.71. The zero-order chi connectivity index (χ0) is 19.6. The summed E-state index contributed by atoms with van der Waals surface area (Å²) in [7, 11) is -3.76. The minimum absolute atomic E-state index is 0.0975. The van der Waals surface area contributed by atoms with Crippen molar-refractivity contribution in [2.75, 3.05) is 11.1 Å². The lowest BCUT2D eigenvalue weighted by atomic mass is 10.1. The molecule has 144 valence electrons. The first-order valence-electron chi connectivity index (χ1n) is 8.81. The number of sulfone groups is 1. The number of carbonyl (C=O) groups excluding carboxylic acids is 2. The Bertz CT molecular complexity index is 976. The number of hydrogen-bond acceptors (Lipinski definition) is 5. The molecule has 0 radical (unpaired) electrons. The maximum atomic E-state index is 12.5. The summed E-state index contributed by atoms with van der Waals surface area (Å²) in [4.78, 5) is 25.5. The average molecular weight is 407 g/mol. The van der Waals surface area contributed by atoms with Crippen molar-refractivity contribution in [2.45, 2.75) is 43.9 Å². The van der Waals surface area contributed by atoms with Crippen LogP contribution in [0.2, 0.25) is 0 Å². The van der Waals surface area contributed by atoms with Crippen LogP contribution < -0.4 is 11.1 Å². The third kappa shape index (κ3) is 4.39. The first-order valence-corrected chi connectivity index (χ1v) is 11.3. The zero-order valence-corrected chi connectivity index (χ0v) is 16.7. The fraction of sp³-hybridized carbons (Fsp3) is 0.368. The van der Waals surface area contributed by atoms with Crippen LogP contribution >= 0.6 is 11.3 Å². The van der Waals surface area contributed by atoms with E-state index in [0.717, 1.165) is 48.1 Å². The van der Waals surface area contributed by atoms with Crippen LogP contribution in [0.1, 0.15) is 45.6 Å². The van der Waals surface area contributed by atoms with Gasteiger partial charge in [0.25, 0.3) is 5.91 Å². The van der Waals surface area contributed by atoms with E-state index in [0.29, 0.717) is 10.6 Å². The lowest BCUT2D eigenvalue weighted by molar-refractivity contribution is -0.113. The molecule has 1 aromatic heterocycles. The molecule has 0 aliphatic heterocycles. The normalized spacial score (nSPS) is 14.3. The summed E-state index contributed by atoms with van der Waals surface area (Å²) >= 11 is 1.33. The number of amides is 2. The van der Waals surface area contributed by atoms with E-state index in [9.17, 15) is 18.0 Å². The van der Waals surface area contributed by atoms with Gasteiger partial charge in [-0.2, -0.15) is 0 Å². The van der Waals surface area contributed by atoms with Crippen molar-refractivity contribution in [1.29, 1.82) is 0 Å². The predicted octanol–water partition coefficient (Wildman–Crippen LogP) is 2.84. The number of nitrogens with one attached hydrogen (secondary N) is 1. The van der Waals surface area contributed by atoms with Gasteiger partial charge in [0.2, 0.25) is 5.91 Å². The molecule has 0 saturated carbocycles. The van der Waals surface area contributed by atoms with Crippen LogP contribution in [0.5, 0.6) is 0 Å². The van der Waals surface area contributed by atoms with Gasteiger partial charge in [0.05, 0.1) is 10.5 Å². The largest absolute Gasteiger partial charge is 0.365 e. The van der Waals surface area contributed by atoms with Crippen molar-refractivity contribution >= 4 is 38.0 Å². The van der Waals surface area contributed by atoms with Crippen molar-refractivity contribution in [3.05, 3.63) is 45.8 Å². The maximum Gasteiger partial charge on any atom is 0.251 e. The molecule has 0 bridgehead atoms. The number of fused-ring (bicyclic) bond motifs is 1. The Hall–Kier alpha value is -2.19. The molecule has 0 unspecified atom stereocenters. The number of nitrogens with two attached hydrogens (primary N) is 1. The highest BCUT2D eigenvalue weighted by molar-refractivity contribution is 7.92. The second-order valence-electron chi connectivity index (χ2n) is 6.75. The lowest BCUT2D eigenvalue weighted by Crippen LogP contribution is -2.24. The van der Waals surface area contributed by atoms with Crippen molar-refractivity contribution < 1.29 is 18.0 Å². The molecule has 1 aliphatic carbocycles. The minimum atomic E-state index is -3.76. The van der Waals surface area contributed by atoms with Gasteiger partial charge in [-0.05, 0) is 50.3 Å². The topological polar surface area (TPSA) is 106 Å². The average Bonchev–Trinajstić information content (AvgIpc) is 2.76. The quantitative estimate of drug-likeness (QED) is 0.745. The fourth-order valence-corrected chi connectivity index (χ4v) is 5.70. The highest BCUT2D eigenvalue weighted by atomic mass is 32.2. The van der Waals surface area contributed by atoms with Gasteiger partial charge in [0.15, 0.2) is 9.84 Å². The smallest absolute Gasteiger partial charge is 0.251 e. The number of thiophene rings is 1. The molecule has 3 N–H and O–H groups in total. The molecule has 1 aliphatic rings. The summed E-state index contributed by atoms with van der Waals surface area (Å²) in [6, 6.07) is 6.35. The number of primary amides is 1. The van der Waals surface area contributed by atoms with Crippen molar-refractivity contribution in [3.8, 4) is 0 Å². The van der Waals surface area contributed by atoms with Crippen LogP contribution in [-0.4, -0.2) is 26.0 Å². The molecule has 0 atom stereocenters. The van der Waals surface area contributed by atoms with Crippen LogP contribution in [0.25, 0.3) is 0 Å². The van der Waals surface area contributed by atoms with Crippen LogP contribution in [0.15, 0.2) is 29.2 Å². The molecule has 2 amide bonds. The summed E-state index contributed by atoms with van der Waals surface area (Å²) in [5.74, 6) is -1.95. The maximum absolute atomic E-state index is 12.5. The van der Waals surface area contributed by atoms with E-state index in [4.69, 9.17) is 5.73 Å². The summed E-state index contributed by atoms with van der Waals surface area (Å²) in [5, 5.41) is 2.97. The number of aryl methyl sites for hydroxylation is 2. The van der Waals surface area contributed by atoms with Crippen molar-refractivity contribution in [2.24, 2.45) is 5.73 Å². The highest BCUT2D eigenvalue weighted by Gasteiger charge is 2.26. The molecule has 1 heterocycles. The molecular weight excluding hydrogens is 384 g/mol. The van der Waals surface area contributed by atoms with Crippen LogP contribution in [0.3, 0.4) is 0 Å². The van der Waals surface area contributed by atoms with Crippen LogP contribution in [0, 0.1) is 6.92 Å². The van der Waals surface area contributed by atoms with Gasteiger partial charge in [-0.25, -0.2) is 8.42 Å². The Labute approximate surface area is 162 Å². The molecule has 1 aromatic carbocycles. The predicted molar refractivity (Wildman–Crippen MR) is 106 cm³/mol. The van der Waals surface area contributed by atoms with Gasteiger partial charge < -0.3 is 11.1 Å². The first kappa shape index (κ1) is 19.6. The molecule has 27 heavy (non-hydrogen) atoms. The summed E-state index contributed by atoms with van der Waals surface area (Å²) in [6.07, 6.45) is 4.69. The van der Waals surface area contributed by atoms with Gasteiger partial charge in [-0.1, -0.05) is 24.1 Å². The zero-order valence-electron chi connectivity index (χ0n) is 15.1. The van der Waals surface area contributed by atoms with Gasteiger partial charge >= 0.3 is 0 Å². The number of anilines is 1. The van der Waals surface area contributed by atoms with E-state index in [1.54, 1.807) is 12.1 Å². The van der Waals surface area contributed by atoms with E-state index < -0.39 is 27.4 Å². The van der Waals surface area contributed by atoms with Gasteiger partial charge in [-0.15, -0.1) is 11.3 Å². The Morgan fingerprint density at radius 1 is 1.11 bits per heavy atom. The number of hydrogen-bond donors (Lipinski definition) is 2. The van der Waals surface area contributed by atoms with E-state index >= 15 is 0 Å². The minimum Gasteiger partial charge on any atom is -0.365 e. The van der Waals surface area contributed by atoms with Gasteiger partial charge in [-0.3, -0.25) is 9.59 Å². The lowest BCUT2D eigenvalue weighted by Gasteiger charge is -2.07. The van der Waals surface area contributed by atoms with Crippen LogP contribution in [0.4, 0.5) is 5.00 Å². The van der Waals surface area contributed by atoms with E-state index in [1.165, 1.54) is 23.5 Å². The third-order valence-corrected chi connectivity index (χ3v) is 7.46. The van der Waals surface area contributed by atoms with Crippen molar-refractivity contribution in [3.63, 3.8) is 0 Å². The molecule has 0 fully saturated rings. The molecule has 0 spiro atoms.